The van der Waals surface area contributed by atoms with Crippen molar-refractivity contribution < 1.29 is 69.2 Å². The minimum absolute atomic E-state index is 0.0450. The Hall–Kier alpha value is -5.89. The summed E-state index contributed by atoms with van der Waals surface area (Å²) in [4.78, 5) is 33.1. The van der Waals surface area contributed by atoms with Crippen molar-refractivity contribution in [3.63, 3.8) is 0 Å². The maximum atomic E-state index is 13.1. The maximum absolute atomic E-state index is 13.1. The van der Waals surface area contributed by atoms with Gasteiger partial charge >= 0.3 is 13.6 Å². The predicted molar refractivity (Wildman–Crippen MR) is 241 cm³/mol. The van der Waals surface area contributed by atoms with Gasteiger partial charge in [0, 0.05) is 30.2 Å². The highest BCUT2D eigenvalue weighted by Gasteiger charge is 2.25. The highest BCUT2D eigenvalue weighted by atomic mass is 32.2. The number of anilines is 1. The molecule has 0 spiro atoms. The molecule has 3 N–H and O–H groups in total. The first-order chi connectivity index (χ1) is 30.6. The fraction of sp³-hybridized carbons (Fsp3) is 0.318. The number of sulfone groups is 2. The summed E-state index contributed by atoms with van der Waals surface area (Å²) in [6.45, 7) is 9.12. The van der Waals surface area contributed by atoms with Gasteiger partial charge < -0.3 is 43.5 Å². The molecule has 350 valence electrons. The highest BCUT2D eigenvalue weighted by molar-refractivity contribution is 7.91. The van der Waals surface area contributed by atoms with Crippen molar-refractivity contribution in [2.45, 2.75) is 69.2 Å². The van der Waals surface area contributed by atoms with Crippen LogP contribution in [0.5, 0.6) is 34.5 Å². The maximum Gasteiger partial charge on any atom is 0.336 e. The Morgan fingerprint density at radius 1 is 0.662 bits per heavy atom. The lowest BCUT2D eigenvalue weighted by Crippen LogP contribution is -2.17. The van der Waals surface area contributed by atoms with Crippen LogP contribution in [0.2, 0.25) is 0 Å². The molecule has 4 aromatic carbocycles. The van der Waals surface area contributed by atoms with E-state index in [1.165, 1.54) is 91.3 Å². The van der Waals surface area contributed by atoms with Crippen molar-refractivity contribution in [2.24, 2.45) is 0 Å². The van der Waals surface area contributed by atoms with Crippen LogP contribution in [0.25, 0.3) is 0 Å². The van der Waals surface area contributed by atoms with E-state index in [2.05, 4.69) is 15.3 Å². The number of aliphatic hydroxyl groups excluding tert-OH is 1. The molecule has 0 bridgehead atoms. The molecular formula is C44H52N3O15PS2. The molecule has 21 heteroatoms. The van der Waals surface area contributed by atoms with Crippen molar-refractivity contribution in [2.75, 3.05) is 37.6 Å². The van der Waals surface area contributed by atoms with E-state index in [0.717, 1.165) is 18.9 Å². The fourth-order valence-electron chi connectivity index (χ4n) is 5.43. The molecule has 1 amide bonds. The number of aromatic carboxylic acids is 1. The van der Waals surface area contributed by atoms with Gasteiger partial charge in [0.1, 0.15) is 40.6 Å². The van der Waals surface area contributed by atoms with Gasteiger partial charge in [0.05, 0.1) is 65.5 Å². The molecule has 5 aromatic rings. The lowest BCUT2D eigenvalue weighted by Gasteiger charge is -2.16. The average Bonchev–Trinajstić information content (AvgIpc) is 3.24. The number of amides is 1. The van der Waals surface area contributed by atoms with Gasteiger partial charge in [-0.2, -0.15) is 0 Å². The summed E-state index contributed by atoms with van der Waals surface area (Å²) in [6.07, 6.45) is 5.02. The summed E-state index contributed by atoms with van der Waals surface area (Å²) in [5.41, 5.74) is 0.575. The molecule has 1 aromatic heterocycles. The zero-order chi connectivity index (χ0) is 48.0. The Morgan fingerprint density at radius 3 is 1.54 bits per heavy atom. The Bertz CT molecular complexity index is 2660. The number of carboxylic acids is 1. The van der Waals surface area contributed by atoms with Crippen LogP contribution in [0.1, 0.15) is 67.4 Å². The number of rotatable bonds is 21. The van der Waals surface area contributed by atoms with Gasteiger partial charge in [-0.25, -0.2) is 26.6 Å². The third-order valence-electron chi connectivity index (χ3n) is 8.71. The van der Waals surface area contributed by atoms with E-state index in [0.29, 0.717) is 28.7 Å². The van der Waals surface area contributed by atoms with Crippen LogP contribution in [0.4, 0.5) is 5.82 Å². The van der Waals surface area contributed by atoms with E-state index in [-0.39, 0.29) is 70.3 Å². The number of carboxylic acid groups (broad SMARTS) is 1. The Morgan fingerprint density at radius 2 is 1.12 bits per heavy atom. The van der Waals surface area contributed by atoms with Crippen molar-refractivity contribution >= 4 is 45.0 Å². The quantitative estimate of drug-likeness (QED) is 0.0586. The monoisotopic (exact) mass is 957 g/mol. The molecule has 0 saturated heterocycles. The zero-order valence-electron chi connectivity index (χ0n) is 36.8. The van der Waals surface area contributed by atoms with Gasteiger partial charge in [0.25, 0.3) is 5.91 Å². The fourth-order valence-corrected chi connectivity index (χ4v) is 8.29. The highest BCUT2D eigenvalue weighted by Crippen LogP contribution is 2.50. The minimum atomic E-state index is -3.37. The molecule has 0 aliphatic rings. The van der Waals surface area contributed by atoms with E-state index >= 15 is 0 Å². The number of carbonyl (C=O) groups excluding carboxylic acids is 1. The van der Waals surface area contributed by atoms with Gasteiger partial charge in [-0.15, -0.1) is 0 Å². The zero-order valence-corrected chi connectivity index (χ0v) is 39.3. The topological polar surface area (TPSA) is 253 Å². The predicted octanol–water partition coefficient (Wildman–Crippen LogP) is 8.21. The second-order valence-corrected chi connectivity index (χ2v) is 20.4. The lowest BCUT2D eigenvalue weighted by atomic mass is 10.2. The van der Waals surface area contributed by atoms with E-state index in [4.69, 9.17) is 28.0 Å². The molecule has 0 unspecified atom stereocenters. The Kier molecular flexibility index (Phi) is 18.6. The van der Waals surface area contributed by atoms with Crippen molar-refractivity contribution in [3.05, 3.63) is 114 Å². The number of ether oxygens (including phenoxy) is 4. The normalized spacial score (nSPS) is 12.5. The lowest BCUT2D eigenvalue weighted by molar-refractivity contribution is 0.0695. The number of nitrogens with zero attached hydrogens (tertiary/aromatic N) is 2. The Labute approximate surface area is 378 Å². The van der Waals surface area contributed by atoms with Crippen LogP contribution in [0.3, 0.4) is 0 Å². The number of nitrogens with one attached hydrogen (secondary N) is 1. The number of carbonyl (C=O) groups is 2. The van der Waals surface area contributed by atoms with Crippen LogP contribution in [0.15, 0.2) is 107 Å². The van der Waals surface area contributed by atoms with Crippen LogP contribution in [-0.4, -0.2) is 93.4 Å². The first-order valence-electron chi connectivity index (χ1n) is 20.1. The molecule has 0 fully saturated rings. The molecule has 0 saturated carbocycles. The summed E-state index contributed by atoms with van der Waals surface area (Å²) in [7, 11) is -10.0. The van der Waals surface area contributed by atoms with Gasteiger partial charge in [-0.1, -0.05) is 6.92 Å². The van der Waals surface area contributed by atoms with E-state index < -0.39 is 45.3 Å². The SMILES string of the molecule is CCOP(=O)(Cc1cnc(NC(=O)c2cc(Oc3ccc(S(C)(=O)=O)cc3)cc(O[C@@H](C)CO)c2)cn1)OCC.CC[C@H](C)Oc1cc(Oc2ccc(S(C)(=O)=O)cc2)cc(C(=O)O)c1. The number of aliphatic hydroxyl groups is 1. The molecule has 5 rings (SSSR count). The standard InChI is InChI=1S/C26H32N3O9PS.C18H20O6S/c1-5-35-39(32,36-6-2)17-20-14-28-25(15-27-20)29-26(31)19-11-22(37-18(3)16-30)13-23(12-19)38-21-7-9-24(10-8-21)40(4,33)34;1-4-12(2)23-15-9-13(18(19)20)10-16(11-15)24-14-5-7-17(8-6-14)25(3,21)22/h7-15,18,30H,5-6,16-17H2,1-4H3,(H,28,29,31);5-12H,4H2,1-3H3,(H,19,20)/t18-;12-/m00/s1. The molecular weight excluding hydrogens is 906 g/mol. The summed E-state index contributed by atoms with van der Waals surface area (Å²) >= 11 is 0. The van der Waals surface area contributed by atoms with E-state index in [9.17, 15) is 41.2 Å². The minimum Gasteiger partial charge on any atom is -0.491 e. The van der Waals surface area contributed by atoms with Crippen LogP contribution < -0.4 is 24.3 Å². The second-order valence-electron chi connectivity index (χ2n) is 14.3. The number of hydrogen-bond donors (Lipinski definition) is 3. The average molecular weight is 958 g/mol. The summed E-state index contributed by atoms with van der Waals surface area (Å²) < 4.78 is 92.5. The molecule has 18 nitrogen and oxygen atoms in total. The molecule has 1 heterocycles. The molecule has 0 aliphatic carbocycles. The van der Waals surface area contributed by atoms with E-state index in [1.54, 1.807) is 26.8 Å². The van der Waals surface area contributed by atoms with Crippen LogP contribution in [-0.2, 0) is 39.4 Å². The molecule has 65 heavy (non-hydrogen) atoms. The summed E-state index contributed by atoms with van der Waals surface area (Å²) in [5.74, 6) is 0.438. The van der Waals surface area contributed by atoms with Gasteiger partial charge in [-0.05, 0) is 107 Å². The molecule has 2 atom stereocenters. The summed E-state index contributed by atoms with van der Waals surface area (Å²) in [5, 5.41) is 21.3. The largest absolute Gasteiger partial charge is 0.491 e. The first-order valence-corrected chi connectivity index (χ1v) is 25.6. The second kappa shape index (κ2) is 23.3. The van der Waals surface area contributed by atoms with Gasteiger partial charge in [-0.3, -0.25) is 14.3 Å². The van der Waals surface area contributed by atoms with Gasteiger partial charge in [0.15, 0.2) is 25.5 Å². The summed E-state index contributed by atoms with van der Waals surface area (Å²) in [6, 6.07) is 20.6. The Balaban J connectivity index is 0.000000317. The number of benzene rings is 4. The number of hydrogen-bond acceptors (Lipinski definition) is 16. The van der Waals surface area contributed by atoms with Crippen molar-refractivity contribution in [1.29, 1.82) is 0 Å². The smallest absolute Gasteiger partial charge is 0.336 e. The molecule has 0 aliphatic heterocycles. The first kappa shape index (κ1) is 51.7. The van der Waals surface area contributed by atoms with Gasteiger partial charge in [0.2, 0.25) is 0 Å². The third kappa shape index (κ3) is 16.6. The third-order valence-corrected chi connectivity index (χ3v) is 13.0. The van der Waals surface area contributed by atoms with E-state index in [1.807, 2.05) is 13.8 Å². The van der Waals surface area contributed by atoms with Crippen LogP contribution >= 0.6 is 7.60 Å². The number of aromatic nitrogens is 2. The molecule has 0 radical (unpaired) electrons. The van der Waals surface area contributed by atoms with Crippen LogP contribution in [0, 0.1) is 0 Å². The van der Waals surface area contributed by atoms with Crippen molar-refractivity contribution in [3.8, 4) is 34.5 Å². The van der Waals surface area contributed by atoms with Crippen molar-refractivity contribution in [1.82, 2.24) is 9.97 Å².